The average Bonchev–Trinajstić information content (AvgIpc) is 2.37. The van der Waals surface area contributed by atoms with Crippen molar-refractivity contribution in [2.75, 3.05) is 0 Å². The molecule has 3 N–H and O–H groups in total. The Morgan fingerprint density at radius 2 is 1.95 bits per heavy atom. The van der Waals surface area contributed by atoms with Gasteiger partial charge in [-0.25, -0.2) is 4.79 Å². The van der Waals surface area contributed by atoms with Crippen LogP contribution in [0, 0.1) is 5.92 Å². The van der Waals surface area contributed by atoms with E-state index >= 15 is 0 Å². The largest absolute Gasteiger partial charge is 0.588 e. The van der Waals surface area contributed by atoms with Crippen molar-refractivity contribution in [1.82, 2.24) is 4.72 Å². The molecule has 0 aliphatic carbocycles. The highest BCUT2D eigenvalue weighted by atomic mass is 32.2. The third-order valence-electron chi connectivity index (χ3n) is 2.39. The highest BCUT2D eigenvalue weighted by molar-refractivity contribution is 7.90. The number of ether oxygens (including phenoxy) is 1. The van der Waals surface area contributed by atoms with Gasteiger partial charge >= 0.3 is 12.0 Å². The van der Waals surface area contributed by atoms with Crippen molar-refractivity contribution >= 4 is 23.4 Å². The van der Waals surface area contributed by atoms with Crippen molar-refractivity contribution in [3.63, 3.8) is 0 Å². The lowest BCUT2D eigenvalue weighted by Crippen LogP contribution is -2.42. The summed E-state index contributed by atoms with van der Waals surface area (Å²) in [6, 6.07) is 8.46. The molecule has 0 saturated carbocycles. The predicted molar refractivity (Wildman–Crippen MR) is 74.9 cm³/mol. The van der Waals surface area contributed by atoms with Crippen LogP contribution in [0.4, 0.5) is 4.79 Å². The standard InChI is InChI=1S/C13H18N2O4S/c1-9(2)8-11(19-13(14)17)12(16)15-20(18)10-6-4-3-5-7-10/h3-7,9,11H,8H2,1-2H3,(H2,14,17)(H,15,16)/t11-,20?/m0/s1. The van der Waals surface area contributed by atoms with E-state index in [-0.39, 0.29) is 5.92 Å². The molecule has 0 aliphatic rings. The van der Waals surface area contributed by atoms with Crippen molar-refractivity contribution in [3.05, 3.63) is 30.3 Å². The normalized spacial score (nSPS) is 13.6. The number of nitrogens with two attached hydrogens (primary N) is 1. The third-order valence-corrected chi connectivity index (χ3v) is 3.47. The number of amides is 2. The van der Waals surface area contributed by atoms with E-state index in [4.69, 9.17) is 10.5 Å². The first-order valence-electron chi connectivity index (χ1n) is 6.13. The maximum atomic E-state index is 12.0. The van der Waals surface area contributed by atoms with Gasteiger partial charge in [-0.3, -0.25) is 4.79 Å². The van der Waals surface area contributed by atoms with E-state index < -0.39 is 29.5 Å². The fourth-order valence-corrected chi connectivity index (χ4v) is 2.37. The molecule has 7 heteroatoms. The first-order chi connectivity index (χ1) is 9.40. The maximum Gasteiger partial charge on any atom is 0.405 e. The number of primary amides is 1. The fraction of sp³-hybridized carbons (Fsp3) is 0.385. The summed E-state index contributed by atoms with van der Waals surface area (Å²) in [5.41, 5.74) is 4.93. The molecule has 0 fully saturated rings. The van der Waals surface area contributed by atoms with Gasteiger partial charge in [0.1, 0.15) is 11.4 Å². The molecular formula is C13H18N2O4S. The zero-order valence-corrected chi connectivity index (χ0v) is 12.2. The van der Waals surface area contributed by atoms with E-state index in [9.17, 15) is 14.1 Å². The monoisotopic (exact) mass is 298 g/mol. The zero-order chi connectivity index (χ0) is 15.1. The van der Waals surface area contributed by atoms with Gasteiger partial charge in [-0.2, -0.15) is 4.72 Å². The molecule has 110 valence electrons. The first-order valence-corrected chi connectivity index (χ1v) is 7.28. The maximum absolute atomic E-state index is 12.0. The van der Waals surface area contributed by atoms with Crippen molar-refractivity contribution in [2.24, 2.45) is 11.7 Å². The second kappa shape index (κ2) is 7.76. The van der Waals surface area contributed by atoms with Crippen LogP contribution in [0.15, 0.2) is 35.2 Å². The van der Waals surface area contributed by atoms with Gasteiger partial charge in [0.15, 0.2) is 11.0 Å². The second-order valence-electron chi connectivity index (χ2n) is 4.60. The molecule has 1 aromatic carbocycles. The summed E-state index contributed by atoms with van der Waals surface area (Å²) in [6.45, 7) is 3.75. The van der Waals surface area contributed by atoms with Crippen LogP contribution >= 0.6 is 0 Å². The van der Waals surface area contributed by atoms with Gasteiger partial charge in [-0.05, 0) is 24.5 Å². The summed E-state index contributed by atoms with van der Waals surface area (Å²) in [5, 5.41) is 0. The number of hydrogen-bond donors (Lipinski definition) is 2. The van der Waals surface area contributed by atoms with Crippen molar-refractivity contribution in [1.29, 1.82) is 0 Å². The molecule has 0 aromatic heterocycles. The van der Waals surface area contributed by atoms with Crippen LogP contribution in [0.3, 0.4) is 0 Å². The Morgan fingerprint density at radius 3 is 2.45 bits per heavy atom. The molecule has 2 atom stereocenters. The Balaban J connectivity index is 2.67. The molecule has 0 spiro atoms. The lowest BCUT2D eigenvalue weighted by Gasteiger charge is -2.18. The van der Waals surface area contributed by atoms with Crippen LogP contribution in [0.25, 0.3) is 0 Å². The number of carbonyl (C=O) groups excluding carboxylic acids is 2. The molecule has 1 rings (SSSR count). The number of benzene rings is 1. The average molecular weight is 298 g/mol. The van der Waals surface area contributed by atoms with Crippen LogP contribution in [0.5, 0.6) is 0 Å². The van der Waals surface area contributed by atoms with E-state index in [2.05, 4.69) is 4.72 Å². The molecule has 0 bridgehead atoms. The van der Waals surface area contributed by atoms with Crippen LogP contribution in [0.2, 0.25) is 0 Å². The smallest absolute Gasteiger partial charge is 0.405 e. The Morgan fingerprint density at radius 1 is 1.35 bits per heavy atom. The second-order valence-corrected chi connectivity index (χ2v) is 5.82. The molecule has 0 saturated heterocycles. The van der Waals surface area contributed by atoms with Gasteiger partial charge in [-0.1, -0.05) is 32.0 Å². The summed E-state index contributed by atoms with van der Waals surface area (Å²) in [5.74, 6) is -0.505. The van der Waals surface area contributed by atoms with E-state index in [1.807, 2.05) is 13.8 Å². The van der Waals surface area contributed by atoms with Crippen LogP contribution in [-0.4, -0.2) is 22.7 Å². The molecule has 20 heavy (non-hydrogen) atoms. The predicted octanol–water partition coefficient (Wildman–Crippen LogP) is 1.34. The van der Waals surface area contributed by atoms with Crippen LogP contribution < -0.4 is 10.5 Å². The SMILES string of the molecule is CC(C)C[C@H](OC(N)=O)C(=O)N[S+]([O-])c1ccccc1. The minimum atomic E-state index is -1.70. The van der Waals surface area contributed by atoms with Crippen molar-refractivity contribution < 1.29 is 18.9 Å². The molecule has 0 aliphatic heterocycles. The fourth-order valence-electron chi connectivity index (χ4n) is 1.54. The van der Waals surface area contributed by atoms with Gasteiger partial charge in [0.05, 0.1) is 0 Å². The number of nitrogens with one attached hydrogen (secondary N) is 1. The molecule has 2 amide bonds. The topological polar surface area (TPSA) is 104 Å². The highest BCUT2D eigenvalue weighted by Crippen LogP contribution is 2.12. The molecular weight excluding hydrogens is 280 g/mol. The van der Waals surface area contributed by atoms with Gasteiger partial charge in [0.2, 0.25) is 0 Å². The van der Waals surface area contributed by atoms with Gasteiger partial charge in [-0.15, -0.1) is 0 Å². The van der Waals surface area contributed by atoms with E-state index in [0.717, 1.165) is 0 Å². The Hall–Kier alpha value is -1.73. The van der Waals surface area contributed by atoms with Gasteiger partial charge < -0.3 is 15.0 Å². The minimum Gasteiger partial charge on any atom is -0.588 e. The van der Waals surface area contributed by atoms with Gasteiger partial charge in [0, 0.05) is 0 Å². The first kappa shape index (κ1) is 16.3. The Kier molecular flexibility index (Phi) is 6.33. The zero-order valence-electron chi connectivity index (χ0n) is 11.4. The summed E-state index contributed by atoms with van der Waals surface area (Å²) in [7, 11) is 0. The molecule has 0 heterocycles. The van der Waals surface area contributed by atoms with Crippen molar-refractivity contribution in [2.45, 2.75) is 31.3 Å². The van der Waals surface area contributed by atoms with Crippen LogP contribution in [0.1, 0.15) is 20.3 Å². The highest BCUT2D eigenvalue weighted by Gasteiger charge is 2.27. The summed E-state index contributed by atoms with van der Waals surface area (Å²) >= 11 is -1.70. The van der Waals surface area contributed by atoms with Gasteiger partial charge in [0.25, 0.3) is 0 Å². The van der Waals surface area contributed by atoms with E-state index in [0.29, 0.717) is 11.3 Å². The van der Waals surface area contributed by atoms with E-state index in [1.54, 1.807) is 30.3 Å². The van der Waals surface area contributed by atoms with Crippen molar-refractivity contribution in [3.8, 4) is 0 Å². The quantitative estimate of drug-likeness (QED) is 0.773. The summed E-state index contributed by atoms with van der Waals surface area (Å²) in [6.07, 6.45) is -1.77. The number of hydrogen-bond acceptors (Lipinski definition) is 4. The molecule has 1 unspecified atom stereocenters. The number of carbonyl (C=O) groups is 2. The molecule has 6 nitrogen and oxygen atoms in total. The van der Waals surface area contributed by atoms with E-state index in [1.165, 1.54) is 0 Å². The van der Waals surface area contributed by atoms with Crippen LogP contribution in [-0.2, 0) is 20.9 Å². The number of rotatable bonds is 6. The summed E-state index contributed by atoms with van der Waals surface area (Å²) < 4.78 is 19.0. The molecule has 0 radical (unpaired) electrons. The third kappa shape index (κ3) is 5.50. The lowest BCUT2D eigenvalue weighted by molar-refractivity contribution is -0.128. The minimum absolute atomic E-state index is 0.121. The Bertz CT molecular complexity index is 453. The Labute approximate surface area is 121 Å². The molecule has 1 aromatic rings. The summed E-state index contributed by atoms with van der Waals surface area (Å²) in [4.78, 5) is 23.2. The lowest BCUT2D eigenvalue weighted by atomic mass is 10.1.